The summed E-state index contributed by atoms with van der Waals surface area (Å²) in [5, 5.41) is 2.81. The Bertz CT molecular complexity index is 755. The van der Waals surface area contributed by atoms with E-state index in [0.717, 1.165) is 0 Å². The van der Waals surface area contributed by atoms with Gasteiger partial charge in [-0.15, -0.1) is 0 Å². The van der Waals surface area contributed by atoms with Crippen molar-refractivity contribution >= 4 is 23.5 Å². The highest BCUT2D eigenvalue weighted by Crippen LogP contribution is 2.21. The fraction of sp³-hybridized carbons (Fsp3) is 0.316. The Balaban J connectivity index is 1.98. The molecular weight excluding hydrogens is 336 g/mol. The van der Waals surface area contributed by atoms with Crippen LogP contribution in [0.2, 0.25) is 0 Å². The van der Waals surface area contributed by atoms with Gasteiger partial charge >= 0.3 is 5.97 Å². The van der Waals surface area contributed by atoms with Crippen molar-refractivity contribution in [3.8, 4) is 0 Å². The number of anilines is 1. The molecule has 0 unspecified atom stereocenters. The van der Waals surface area contributed by atoms with Crippen LogP contribution in [-0.4, -0.2) is 38.5 Å². The van der Waals surface area contributed by atoms with Crippen LogP contribution >= 0.6 is 0 Å². The van der Waals surface area contributed by atoms with Crippen LogP contribution < -0.4 is 10.2 Å². The molecule has 0 aliphatic rings. The highest BCUT2D eigenvalue weighted by molar-refractivity contribution is 6.09. The van der Waals surface area contributed by atoms with Crippen LogP contribution in [0.5, 0.6) is 0 Å². The smallest absolute Gasteiger partial charge is 0.305 e. The second kappa shape index (κ2) is 9.41. The summed E-state index contributed by atoms with van der Waals surface area (Å²) < 4.78 is 9.70. The van der Waals surface area contributed by atoms with Gasteiger partial charge in [0.25, 0.3) is 11.8 Å². The molecule has 0 atom stereocenters. The summed E-state index contributed by atoms with van der Waals surface area (Å²) in [6.07, 6.45) is 3.03. The summed E-state index contributed by atoms with van der Waals surface area (Å²) in [5.41, 5.74) is 0.879. The minimum atomic E-state index is -0.340. The van der Waals surface area contributed by atoms with E-state index in [0.29, 0.717) is 37.1 Å². The summed E-state index contributed by atoms with van der Waals surface area (Å²) in [5.74, 6) is -0.684. The molecule has 0 aliphatic carbocycles. The molecular formula is C19H22N2O5. The van der Waals surface area contributed by atoms with Crippen LogP contribution in [-0.2, 0) is 9.53 Å². The second-order valence-electron chi connectivity index (χ2n) is 5.65. The molecule has 1 aromatic heterocycles. The number of carbonyl (C=O) groups excluding carboxylic acids is 3. The molecule has 1 aromatic carbocycles. The molecule has 1 N–H and O–H groups in total. The zero-order valence-corrected chi connectivity index (χ0v) is 14.9. The molecule has 2 aromatic rings. The Labute approximate surface area is 151 Å². The van der Waals surface area contributed by atoms with Crippen molar-refractivity contribution in [1.29, 1.82) is 0 Å². The summed E-state index contributed by atoms with van der Waals surface area (Å²) in [6.45, 7) is 0.431. The Morgan fingerprint density at radius 1 is 1.12 bits per heavy atom. The number of hydrogen-bond acceptors (Lipinski definition) is 5. The molecule has 26 heavy (non-hydrogen) atoms. The number of nitrogens with zero attached hydrogens (tertiary/aromatic N) is 1. The average Bonchev–Trinajstić information content (AvgIpc) is 3.20. The maximum Gasteiger partial charge on any atom is 0.305 e. The number of benzene rings is 1. The highest BCUT2D eigenvalue weighted by Gasteiger charge is 2.20. The molecule has 0 radical (unpaired) electrons. The van der Waals surface area contributed by atoms with Crippen LogP contribution in [0.15, 0.2) is 47.1 Å². The number of amides is 2. The number of carbonyl (C=O) groups is 3. The van der Waals surface area contributed by atoms with Crippen molar-refractivity contribution < 1.29 is 23.5 Å². The van der Waals surface area contributed by atoms with Gasteiger partial charge in [0.15, 0.2) is 5.76 Å². The molecule has 7 nitrogen and oxygen atoms in total. The minimum absolute atomic E-state index is 0.200. The third-order valence-corrected chi connectivity index (χ3v) is 3.87. The lowest BCUT2D eigenvalue weighted by atomic mass is 10.1. The van der Waals surface area contributed by atoms with E-state index in [4.69, 9.17) is 4.42 Å². The first kappa shape index (κ1) is 19.2. The van der Waals surface area contributed by atoms with Crippen molar-refractivity contribution in [2.45, 2.75) is 19.3 Å². The molecule has 7 heteroatoms. The zero-order chi connectivity index (χ0) is 18.9. The Morgan fingerprint density at radius 3 is 2.58 bits per heavy atom. The fourth-order valence-corrected chi connectivity index (χ4v) is 2.43. The fourth-order valence-electron chi connectivity index (χ4n) is 2.43. The number of methoxy groups -OCH3 is 1. The van der Waals surface area contributed by atoms with Crippen LogP contribution in [0, 0.1) is 0 Å². The quantitative estimate of drug-likeness (QED) is 0.579. The van der Waals surface area contributed by atoms with Gasteiger partial charge in [-0.2, -0.15) is 0 Å². The molecule has 138 valence electrons. The predicted octanol–water partition coefficient (Wildman–Crippen LogP) is 2.63. The Kier molecular flexibility index (Phi) is 6.96. The van der Waals surface area contributed by atoms with Gasteiger partial charge in [-0.05, 0) is 37.1 Å². The first-order chi connectivity index (χ1) is 12.5. The lowest BCUT2D eigenvalue weighted by Crippen LogP contribution is -2.31. The van der Waals surface area contributed by atoms with E-state index in [2.05, 4.69) is 10.1 Å². The van der Waals surface area contributed by atoms with Crippen molar-refractivity contribution in [1.82, 2.24) is 5.32 Å². The van der Waals surface area contributed by atoms with Crippen LogP contribution in [0.4, 0.5) is 5.69 Å². The zero-order valence-electron chi connectivity index (χ0n) is 14.9. The molecule has 0 spiro atoms. The SMILES string of the molecule is COC(=O)CCCCNC(=O)c1ccccc1N(C)C(=O)c1ccco1. The number of esters is 1. The van der Waals surface area contributed by atoms with Crippen molar-refractivity contribution in [2.24, 2.45) is 0 Å². The van der Waals surface area contributed by atoms with Gasteiger partial charge in [0.2, 0.25) is 0 Å². The Morgan fingerprint density at radius 2 is 1.88 bits per heavy atom. The predicted molar refractivity (Wildman–Crippen MR) is 96.1 cm³/mol. The van der Waals surface area contributed by atoms with Crippen molar-refractivity contribution in [2.75, 3.05) is 25.6 Å². The first-order valence-corrected chi connectivity index (χ1v) is 8.30. The molecule has 0 fully saturated rings. The van der Waals surface area contributed by atoms with E-state index in [9.17, 15) is 14.4 Å². The lowest BCUT2D eigenvalue weighted by Gasteiger charge is -2.19. The van der Waals surface area contributed by atoms with E-state index in [1.165, 1.54) is 18.3 Å². The molecule has 0 bridgehead atoms. The minimum Gasteiger partial charge on any atom is -0.469 e. The molecule has 0 saturated carbocycles. The average molecular weight is 358 g/mol. The van der Waals surface area contributed by atoms with Crippen LogP contribution in [0.25, 0.3) is 0 Å². The normalized spacial score (nSPS) is 10.2. The maximum atomic E-state index is 12.5. The van der Waals surface area contributed by atoms with E-state index < -0.39 is 0 Å². The molecule has 1 heterocycles. The Hall–Kier alpha value is -3.09. The number of nitrogens with one attached hydrogen (secondary N) is 1. The number of unbranched alkanes of at least 4 members (excludes halogenated alkanes) is 1. The monoisotopic (exact) mass is 358 g/mol. The van der Waals surface area contributed by atoms with Gasteiger partial charge in [0, 0.05) is 20.0 Å². The van der Waals surface area contributed by atoms with Crippen LogP contribution in [0.1, 0.15) is 40.2 Å². The number of ether oxygens (including phenoxy) is 1. The molecule has 2 rings (SSSR count). The van der Waals surface area contributed by atoms with Gasteiger partial charge in [-0.1, -0.05) is 12.1 Å². The summed E-state index contributed by atoms with van der Waals surface area (Å²) in [6, 6.07) is 10.1. The van der Waals surface area contributed by atoms with E-state index in [1.807, 2.05) is 0 Å². The van der Waals surface area contributed by atoms with E-state index >= 15 is 0 Å². The summed E-state index contributed by atoms with van der Waals surface area (Å²) in [7, 11) is 2.94. The van der Waals surface area contributed by atoms with Gasteiger partial charge in [0.05, 0.1) is 24.6 Å². The summed E-state index contributed by atoms with van der Waals surface area (Å²) >= 11 is 0. The van der Waals surface area contributed by atoms with Crippen LogP contribution in [0.3, 0.4) is 0 Å². The number of para-hydroxylation sites is 1. The largest absolute Gasteiger partial charge is 0.469 e. The summed E-state index contributed by atoms with van der Waals surface area (Å²) in [4.78, 5) is 37.3. The lowest BCUT2D eigenvalue weighted by molar-refractivity contribution is -0.140. The molecule has 0 aliphatic heterocycles. The van der Waals surface area contributed by atoms with Gasteiger partial charge in [-0.3, -0.25) is 14.4 Å². The van der Waals surface area contributed by atoms with Gasteiger partial charge in [-0.25, -0.2) is 0 Å². The first-order valence-electron chi connectivity index (χ1n) is 8.30. The maximum absolute atomic E-state index is 12.5. The van der Waals surface area contributed by atoms with Gasteiger partial charge in [0.1, 0.15) is 0 Å². The second-order valence-corrected chi connectivity index (χ2v) is 5.65. The number of furan rings is 1. The number of hydrogen-bond donors (Lipinski definition) is 1. The van der Waals surface area contributed by atoms with E-state index in [1.54, 1.807) is 43.4 Å². The highest BCUT2D eigenvalue weighted by atomic mass is 16.5. The molecule has 0 saturated heterocycles. The third kappa shape index (κ3) is 4.95. The van der Waals surface area contributed by atoms with E-state index in [-0.39, 0.29) is 23.5 Å². The third-order valence-electron chi connectivity index (χ3n) is 3.87. The van der Waals surface area contributed by atoms with Crippen molar-refractivity contribution in [3.05, 3.63) is 54.0 Å². The van der Waals surface area contributed by atoms with Gasteiger partial charge < -0.3 is 19.4 Å². The number of rotatable bonds is 8. The molecule has 2 amide bonds. The standard InChI is InChI=1S/C19H22N2O5/c1-21(19(24)16-10-7-13-26-16)15-9-4-3-8-14(15)18(23)20-12-6-5-11-17(22)25-2/h3-4,7-10,13H,5-6,11-12H2,1-2H3,(H,20,23). The van der Waals surface area contributed by atoms with Crippen molar-refractivity contribution in [3.63, 3.8) is 0 Å². The topological polar surface area (TPSA) is 88.9 Å².